The summed E-state index contributed by atoms with van der Waals surface area (Å²) in [4.78, 5) is 24.4. The zero-order chi connectivity index (χ0) is 21.0. The van der Waals surface area contributed by atoms with Crippen LogP contribution in [0, 0.1) is 5.82 Å². The average molecular weight is 393 g/mol. The van der Waals surface area contributed by atoms with Crippen LogP contribution < -0.4 is 10.9 Å². The molecule has 1 aromatic heterocycles. The highest BCUT2D eigenvalue weighted by molar-refractivity contribution is 5.94. The van der Waals surface area contributed by atoms with Crippen molar-refractivity contribution in [3.05, 3.63) is 88.0 Å². The van der Waals surface area contributed by atoms with Crippen molar-refractivity contribution in [2.24, 2.45) is 0 Å². The first-order chi connectivity index (χ1) is 13.7. The normalized spacial score (nSPS) is 11.3. The Kier molecular flexibility index (Phi) is 5.92. The molecule has 0 saturated carbocycles. The molecular weight excluding hydrogens is 369 g/mol. The fraction of sp³-hybridized carbons (Fsp3) is 0.261. The van der Waals surface area contributed by atoms with E-state index in [0.717, 1.165) is 5.56 Å². The van der Waals surface area contributed by atoms with Gasteiger partial charge in [0.2, 0.25) is 0 Å². The molecule has 1 heterocycles. The Labute approximate surface area is 169 Å². The number of nitrogens with zero attached hydrogens (tertiary/aromatic N) is 2. The molecule has 0 saturated heterocycles. The van der Waals surface area contributed by atoms with Gasteiger partial charge in [-0.3, -0.25) is 9.59 Å². The van der Waals surface area contributed by atoms with Gasteiger partial charge in [0.15, 0.2) is 0 Å². The standard InChI is InChI=1S/C23H24FN3O2/c1-23(2,3)18-8-4-17(5-9-18)22(29)25-14-15-27-21(28)13-12-20(26-27)16-6-10-19(24)11-7-16/h4-13H,14-15H2,1-3H3,(H,25,29). The van der Waals surface area contributed by atoms with Crippen molar-refractivity contribution in [1.82, 2.24) is 15.1 Å². The van der Waals surface area contributed by atoms with Gasteiger partial charge in [-0.25, -0.2) is 9.07 Å². The van der Waals surface area contributed by atoms with Crippen molar-refractivity contribution in [3.8, 4) is 11.3 Å². The second kappa shape index (κ2) is 8.39. The van der Waals surface area contributed by atoms with E-state index < -0.39 is 0 Å². The van der Waals surface area contributed by atoms with E-state index in [2.05, 4.69) is 31.2 Å². The molecule has 0 radical (unpaired) electrons. The zero-order valence-electron chi connectivity index (χ0n) is 16.8. The summed E-state index contributed by atoms with van der Waals surface area (Å²) in [5, 5.41) is 7.12. The van der Waals surface area contributed by atoms with Crippen LogP contribution in [-0.2, 0) is 12.0 Å². The molecule has 0 unspecified atom stereocenters. The van der Waals surface area contributed by atoms with E-state index in [-0.39, 0.29) is 35.8 Å². The van der Waals surface area contributed by atoms with Gasteiger partial charge in [-0.15, -0.1) is 0 Å². The van der Waals surface area contributed by atoms with Gasteiger partial charge >= 0.3 is 0 Å². The number of benzene rings is 2. The summed E-state index contributed by atoms with van der Waals surface area (Å²) in [6.45, 7) is 6.85. The van der Waals surface area contributed by atoms with E-state index in [0.29, 0.717) is 16.8 Å². The van der Waals surface area contributed by atoms with Crippen LogP contribution in [-0.4, -0.2) is 22.2 Å². The number of amides is 1. The quantitative estimate of drug-likeness (QED) is 0.718. The molecule has 1 N–H and O–H groups in total. The van der Waals surface area contributed by atoms with Gasteiger partial charge in [0.05, 0.1) is 12.2 Å². The maximum absolute atomic E-state index is 13.1. The van der Waals surface area contributed by atoms with Gasteiger partial charge in [-0.2, -0.15) is 5.10 Å². The maximum atomic E-state index is 13.1. The number of aromatic nitrogens is 2. The summed E-state index contributed by atoms with van der Waals surface area (Å²) in [7, 11) is 0. The molecule has 0 atom stereocenters. The predicted octanol–water partition coefficient (Wildman–Crippen LogP) is 3.78. The first kappa shape index (κ1) is 20.5. The maximum Gasteiger partial charge on any atom is 0.266 e. The van der Waals surface area contributed by atoms with Crippen molar-refractivity contribution in [2.45, 2.75) is 32.7 Å². The zero-order valence-corrected chi connectivity index (χ0v) is 16.8. The topological polar surface area (TPSA) is 64.0 Å². The Bertz CT molecular complexity index is 1050. The summed E-state index contributed by atoms with van der Waals surface area (Å²) in [6, 6.07) is 16.4. The summed E-state index contributed by atoms with van der Waals surface area (Å²) >= 11 is 0. The Hall–Kier alpha value is -3.28. The summed E-state index contributed by atoms with van der Waals surface area (Å²) < 4.78 is 14.4. The molecule has 5 nitrogen and oxygen atoms in total. The highest BCUT2D eigenvalue weighted by atomic mass is 19.1. The SMILES string of the molecule is CC(C)(C)c1ccc(C(=O)NCCn2nc(-c3ccc(F)cc3)ccc2=O)cc1. The van der Waals surface area contributed by atoms with Crippen LogP contribution in [0.15, 0.2) is 65.5 Å². The van der Waals surface area contributed by atoms with Crippen molar-refractivity contribution in [3.63, 3.8) is 0 Å². The Morgan fingerprint density at radius 1 is 1.00 bits per heavy atom. The van der Waals surface area contributed by atoms with E-state index in [1.54, 1.807) is 30.3 Å². The molecule has 0 bridgehead atoms. The lowest BCUT2D eigenvalue weighted by Crippen LogP contribution is -2.32. The van der Waals surface area contributed by atoms with Crippen LogP contribution in [0.25, 0.3) is 11.3 Å². The highest BCUT2D eigenvalue weighted by Gasteiger charge is 2.14. The van der Waals surface area contributed by atoms with E-state index >= 15 is 0 Å². The minimum Gasteiger partial charge on any atom is -0.350 e. The first-order valence-corrected chi connectivity index (χ1v) is 9.47. The summed E-state index contributed by atoms with van der Waals surface area (Å²) in [5.74, 6) is -0.534. The minimum absolute atomic E-state index is 0.0252. The van der Waals surface area contributed by atoms with Crippen LogP contribution in [0.2, 0.25) is 0 Å². The Balaban J connectivity index is 1.64. The third-order valence-corrected chi connectivity index (χ3v) is 4.63. The Morgan fingerprint density at radius 3 is 2.28 bits per heavy atom. The van der Waals surface area contributed by atoms with Crippen LogP contribution in [0.5, 0.6) is 0 Å². The molecule has 2 aromatic carbocycles. The molecule has 0 fully saturated rings. The monoisotopic (exact) mass is 393 g/mol. The molecule has 0 aliphatic rings. The van der Waals surface area contributed by atoms with Crippen molar-refractivity contribution < 1.29 is 9.18 Å². The number of carbonyl (C=O) groups is 1. The second-order valence-electron chi connectivity index (χ2n) is 7.87. The van der Waals surface area contributed by atoms with E-state index in [1.807, 2.05) is 12.1 Å². The summed E-state index contributed by atoms with van der Waals surface area (Å²) in [6.07, 6.45) is 0. The first-order valence-electron chi connectivity index (χ1n) is 9.47. The predicted molar refractivity (Wildman–Crippen MR) is 111 cm³/mol. The number of halogens is 1. The van der Waals surface area contributed by atoms with Crippen LogP contribution >= 0.6 is 0 Å². The molecular formula is C23H24FN3O2. The molecule has 150 valence electrons. The molecule has 0 spiro atoms. The van der Waals surface area contributed by atoms with Crippen molar-refractivity contribution in [1.29, 1.82) is 0 Å². The lowest BCUT2D eigenvalue weighted by atomic mass is 9.87. The third-order valence-electron chi connectivity index (χ3n) is 4.63. The van der Waals surface area contributed by atoms with Crippen LogP contribution in [0.3, 0.4) is 0 Å². The van der Waals surface area contributed by atoms with Crippen molar-refractivity contribution >= 4 is 5.91 Å². The average Bonchev–Trinajstić information content (AvgIpc) is 2.69. The van der Waals surface area contributed by atoms with E-state index in [4.69, 9.17) is 0 Å². The second-order valence-corrected chi connectivity index (χ2v) is 7.87. The van der Waals surface area contributed by atoms with Gasteiger partial charge in [0, 0.05) is 23.7 Å². The largest absolute Gasteiger partial charge is 0.350 e. The number of nitrogens with one attached hydrogen (secondary N) is 1. The molecule has 29 heavy (non-hydrogen) atoms. The van der Waals surface area contributed by atoms with Crippen LogP contribution in [0.4, 0.5) is 4.39 Å². The van der Waals surface area contributed by atoms with Crippen molar-refractivity contribution in [2.75, 3.05) is 6.54 Å². The molecule has 1 amide bonds. The van der Waals surface area contributed by atoms with E-state index in [9.17, 15) is 14.0 Å². The number of rotatable bonds is 5. The van der Waals surface area contributed by atoms with Gasteiger partial charge in [0.25, 0.3) is 11.5 Å². The molecule has 3 rings (SSSR count). The fourth-order valence-corrected chi connectivity index (χ4v) is 2.88. The fourth-order valence-electron chi connectivity index (χ4n) is 2.88. The molecule has 0 aliphatic carbocycles. The van der Waals surface area contributed by atoms with Gasteiger partial charge in [0.1, 0.15) is 5.82 Å². The molecule has 3 aromatic rings. The molecule has 0 aliphatic heterocycles. The van der Waals surface area contributed by atoms with Gasteiger partial charge in [-0.1, -0.05) is 32.9 Å². The Morgan fingerprint density at radius 2 is 1.66 bits per heavy atom. The van der Waals surface area contributed by atoms with Gasteiger partial charge < -0.3 is 5.32 Å². The third kappa shape index (κ3) is 5.16. The number of hydrogen-bond donors (Lipinski definition) is 1. The molecule has 6 heteroatoms. The number of carbonyl (C=O) groups excluding carboxylic acids is 1. The number of hydrogen-bond acceptors (Lipinski definition) is 3. The van der Waals surface area contributed by atoms with Crippen LogP contribution in [0.1, 0.15) is 36.7 Å². The highest BCUT2D eigenvalue weighted by Crippen LogP contribution is 2.22. The smallest absolute Gasteiger partial charge is 0.266 e. The summed E-state index contributed by atoms with van der Waals surface area (Å²) in [5.41, 5.74) is 2.76. The van der Waals surface area contributed by atoms with E-state index in [1.165, 1.54) is 22.9 Å². The van der Waals surface area contributed by atoms with Gasteiger partial charge in [-0.05, 0) is 53.4 Å². The minimum atomic E-state index is -0.333. The lowest BCUT2D eigenvalue weighted by Gasteiger charge is -2.19. The lowest BCUT2D eigenvalue weighted by molar-refractivity contribution is 0.0951.